The monoisotopic (exact) mass is 290 g/mol. The summed E-state index contributed by atoms with van der Waals surface area (Å²) in [7, 11) is 0. The van der Waals surface area contributed by atoms with E-state index in [-0.39, 0.29) is 6.10 Å². The lowest BCUT2D eigenvalue weighted by Gasteiger charge is -2.31. The van der Waals surface area contributed by atoms with Gasteiger partial charge in [-0.15, -0.1) is 10.2 Å². The topological polar surface area (TPSA) is 54.2 Å². The van der Waals surface area contributed by atoms with E-state index in [2.05, 4.69) is 19.7 Å². The van der Waals surface area contributed by atoms with E-state index in [0.717, 1.165) is 38.3 Å². The van der Waals surface area contributed by atoms with Crippen LogP contribution in [-0.4, -0.2) is 43.5 Å². The van der Waals surface area contributed by atoms with Crippen LogP contribution < -0.4 is 0 Å². The van der Waals surface area contributed by atoms with Gasteiger partial charge in [0.2, 0.25) is 0 Å². The minimum absolute atomic E-state index is 0.0806. The third kappa shape index (κ3) is 2.50. The Bertz CT molecular complexity index is 500. The lowest BCUT2D eigenvalue weighted by atomic mass is 9.94. The first-order valence-electron chi connectivity index (χ1n) is 8.66. The maximum Gasteiger partial charge on any atom is 0.147 e. The molecular weight excluding hydrogens is 264 g/mol. The molecule has 3 atom stereocenters. The molecule has 5 heteroatoms. The second-order valence-corrected chi connectivity index (χ2v) is 6.98. The van der Waals surface area contributed by atoms with Crippen LogP contribution in [0.1, 0.15) is 56.6 Å². The fourth-order valence-corrected chi connectivity index (χ4v) is 4.62. The average Bonchev–Trinajstić information content (AvgIpc) is 3.20. The van der Waals surface area contributed by atoms with Gasteiger partial charge in [0.1, 0.15) is 11.6 Å². The highest BCUT2D eigenvalue weighted by atomic mass is 16.3. The molecule has 3 aliphatic rings. The first kappa shape index (κ1) is 13.7. The zero-order chi connectivity index (χ0) is 14.2. The van der Waals surface area contributed by atoms with Gasteiger partial charge in [0.25, 0.3) is 0 Å². The Kier molecular flexibility index (Phi) is 3.71. The van der Waals surface area contributed by atoms with Crippen molar-refractivity contribution in [2.24, 2.45) is 5.92 Å². The number of aliphatic hydroxyl groups is 1. The second-order valence-electron chi connectivity index (χ2n) is 6.98. The summed E-state index contributed by atoms with van der Waals surface area (Å²) < 4.78 is 2.34. The highest BCUT2D eigenvalue weighted by Crippen LogP contribution is 2.36. The van der Waals surface area contributed by atoms with Crippen molar-refractivity contribution >= 4 is 0 Å². The molecule has 3 heterocycles. The molecule has 4 rings (SSSR count). The third-order valence-corrected chi connectivity index (χ3v) is 5.72. The summed E-state index contributed by atoms with van der Waals surface area (Å²) in [6.45, 7) is 3.15. The Morgan fingerprint density at radius 2 is 1.95 bits per heavy atom. The molecule has 1 saturated heterocycles. The number of rotatable bonds is 3. The molecule has 0 amide bonds. The van der Waals surface area contributed by atoms with E-state index in [9.17, 15) is 5.11 Å². The number of nitrogens with zero attached hydrogens (tertiary/aromatic N) is 4. The van der Waals surface area contributed by atoms with Gasteiger partial charge in [-0.05, 0) is 45.1 Å². The maximum absolute atomic E-state index is 10.2. The third-order valence-electron chi connectivity index (χ3n) is 5.72. The van der Waals surface area contributed by atoms with Crippen molar-refractivity contribution < 1.29 is 5.11 Å². The van der Waals surface area contributed by atoms with E-state index < -0.39 is 0 Å². The van der Waals surface area contributed by atoms with Gasteiger partial charge in [-0.3, -0.25) is 4.90 Å². The number of aliphatic hydroxyl groups excluding tert-OH is 1. The SMILES string of the molecule is OC1CCCC1C1CCCN1Cc1nnc2n1CCCC2. The van der Waals surface area contributed by atoms with Crippen molar-refractivity contribution in [2.75, 3.05) is 6.54 Å². The minimum atomic E-state index is -0.0806. The molecule has 116 valence electrons. The Hall–Kier alpha value is -0.940. The van der Waals surface area contributed by atoms with Crippen LogP contribution in [0, 0.1) is 5.92 Å². The van der Waals surface area contributed by atoms with Gasteiger partial charge in [0, 0.05) is 24.9 Å². The van der Waals surface area contributed by atoms with Crippen LogP contribution in [0.25, 0.3) is 0 Å². The first-order valence-corrected chi connectivity index (χ1v) is 8.66. The molecule has 1 aromatic rings. The van der Waals surface area contributed by atoms with Crippen molar-refractivity contribution in [3.05, 3.63) is 11.6 Å². The zero-order valence-electron chi connectivity index (χ0n) is 12.7. The number of aryl methyl sites for hydroxylation is 1. The molecule has 5 nitrogen and oxygen atoms in total. The standard InChI is InChI=1S/C16H26N4O/c21-14-7-3-5-12(14)13-6-4-9-19(13)11-16-18-17-15-8-1-2-10-20(15)16/h12-14,21H,1-11H2. The average molecular weight is 290 g/mol. The Balaban J connectivity index is 1.49. The summed E-state index contributed by atoms with van der Waals surface area (Å²) in [4.78, 5) is 2.56. The smallest absolute Gasteiger partial charge is 0.147 e. The number of hydrogen-bond acceptors (Lipinski definition) is 4. The number of aromatic nitrogens is 3. The van der Waals surface area contributed by atoms with E-state index >= 15 is 0 Å². The summed E-state index contributed by atoms with van der Waals surface area (Å²) in [5, 5.41) is 19.0. The maximum atomic E-state index is 10.2. The van der Waals surface area contributed by atoms with Crippen molar-refractivity contribution in [1.82, 2.24) is 19.7 Å². The van der Waals surface area contributed by atoms with E-state index in [1.807, 2.05) is 0 Å². The summed E-state index contributed by atoms with van der Waals surface area (Å²) in [6, 6.07) is 0.555. The Morgan fingerprint density at radius 1 is 1.00 bits per heavy atom. The zero-order valence-corrected chi connectivity index (χ0v) is 12.7. The van der Waals surface area contributed by atoms with Crippen molar-refractivity contribution in [3.8, 4) is 0 Å². The summed E-state index contributed by atoms with van der Waals surface area (Å²) in [5.41, 5.74) is 0. The molecule has 0 spiro atoms. The molecule has 1 saturated carbocycles. The van der Waals surface area contributed by atoms with Gasteiger partial charge in [0.05, 0.1) is 12.6 Å². The van der Waals surface area contributed by atoms with Gasteiger partial charge < -0.3 is 9.67 Å². The molecule has 0 bridgehead atoms. The summed E-state index contributed by atoms with van der Waals surface area (Å²) in [6.07, 6.45) is 9.38. The Labute approximate surface area is 126 Å². The van der Waals surface area contributed by atoms with Crippen LogP contribution in [0.2, 0.25) is 0 Å². The molecule has 1 aromatic heterocycles. The number of hydrogen-bond donors (Lipinski definition) is 1. The van der Waals surface area contributed by atoms with Crippen LogP contribution in [0.15, 0.2) is 0 Å². The van der Waals surface area contributed by atoms with Crippen LogP contribution in [0.4, 0.5) is 0 Å². The second kappa shape index (κ2) is 5.69. The quantitative estimate of drug-likeness (QED) is 0.921. The number of fused-ring (bicyclic) bond motifs is 1. The van der Waals surface area contributed by atoms with Crippen LogP contribution in [0.5, 0.6) is 0 Å². The van der Waals surface area contributed by atoms with E-state index in [1.165, 1.54) is 44.3 Å². The summed E-state index contributed by atoms with van der Waals surface area (Å²) in [5.74, 6) is 2.80. The Morgan fingerprint density at radius 3 is 2.81 bits per heavy atom. The van der Waals surface area contributed by atoms with Gasteiger partial charge >= 0.3 is 0 Å². The lowest BCUT2D eigenvalue weighted by Crippen LogP contribution is -2.39. The van der Waals surface area contributed by atoms with Crippen molar-refractivity contribution in [2.45, 2.75) is 76.6 Å². The number of likely N-dealkylation sites (tertiary alicyclic amines) is 1. The lowest BCUT2D eigenvalue weighted by molar-refractivity contribution is 0.0703. The highest BCUT2D eigenvalue weighted by Gasteiger charge is 2.38. The molecule has 0 aromatic carbocycles. The fraction of sp³-hybridized carbons (Fsp3) is 0.875. The van der Waals surface area contributed by atoms with Gasteiger partial charge in [-0.25, -0.2) is 0 Å². The van der Waals surface area contributed by atoms with Crippen LogP contribution in [-0.2, 0) is 19.5 Å². The van der Waals surface area contributed by atoms with E-state index in [4.69, 9.17) is 0 Å². The first-order chi connectivity index (χ1) is 10.3. The largest absolute Gasteiger partial charge is 0.393 e. The van der Waals surface area contributed by atoms with Crippen molar-refractivity contribution in [1.29, 1.82) is 0 Å². The molecular formula is C16H26N4O. The minimum Gasteiger partial charge on any atom is -0.393 e. The van der Waals surface area contributed by atoms with Gasteiger partial charge in [-0.2, -0.15) is 0 Å². The van der Waals surface area contributed by atoms with E-state index in [1.54, 1.807) is 0 Å². The molecule has 0 radical (unpaired) electrons. The van der Waals surface area contributed by atoms with Gasteiger partial charge in [-0.1, -0.05) is 6.42 Å². The highest BCUT2D eigenvalue weighted by molar-refractivity contribution is 5.01. The molecule has 3 unspecified atom stereocenters. The van der Waals surface area contributed by atoms with Crippen LogP contribution in [0.3, 0.4) is 0 Å². The summed E-state index contributed by atoms with van der Waals surface area (Å²) >= 11 is 0. The predicted molar refractivity (Wildman–Crippen MR) is 79.7 cm³/mol. The molecule has 2 fully saturated rings. The molecule has 1 N–H and O–H groups in total. The van der Waals surface area contributed by atoms with Crippen molar-refractivity contribution in [3.63, 3.8) is 0 Å². The molecule has 21 heavy (non-hydrogen) atoms. The van der Waals surface area contributed by atoms with Gasteiger partial charge in [0.15, 0.2) is 0 Å². The van der Waals surface area contributed by atoms with E-state index in [0.29, 0.717) is 12.0 Å². The fourth-order valence-electron chi connectivity index (χ4n) is 4.62. The molecule has 1 aliphatic carbocycles. The predicted octanol–water partition coefficient (Wildman–Crippen LogP) is 1.74. The van der Waals surface area contributed by atoms with Crippen LogP contribution >= 0.6 is 0 Å². The molecule has 2 aliphatic heterocycles. The normalized spacial score (nSPS) is 33.5.